The molecule has 0 saturated heterocycles. The number of nitrogens with one attached hydrogen (secondary N) is 2. The first-order valence-electron chi connectivity index (χ1n) is 12.9. The lowest BCUT2D eigenvalue weighted by Crippen LogP contribution is -2.28. The molecule has 3 aromatic rings. The van der Waals surface area contributed by atoms with Crippen LogP contribution in [0.4, 0.5) is 5.13 Å². The van der Waals surface area contributed by atoms with Gasteiger partial charge in [-0.3, -0.25) is 9.59 Å². The van der Waals surface area contributed by atoms with Crippen LogP contribution in [0.5, 0.6) is 0 Å². The number of carbonyl (C=O) groups excluding carboxylic acids is 2. The normalized spacial score (nSPS) is 12.0. The summed E-state index contributed by atoms with van der Waals surface area (Å²) in [6.45, 7) is 0.828. The third-order valence-corrected chi connectivity index (χ3v) is 6.54. The van der Waals surface area contributed by atoms with Crippen molar-refractivity contribution in [1.82, 2.24) is 20.4 Å². The Hall–Kier alpha value is -4.02. The average Bonchev–Trinajstić information content (AvgIpc) is 3.32. The van der Waals surface area contributed by atoms with Crippen molar-refractivity contribution in [2.75, 3.05) is 19.4 Å². The molecule has 39 heavy (non-hydrogen) atoms. The molecule has 0 spiro atoms. The number of anilines is 1. The molecule has 0 aliphatic carbocycles. The highest BCUT2D eigenvalue weighted by atomic mass is 32.1. The molecule has 1 heterocycles. The molecule has 2 amide bonds. The van der Waals surface area contributed by atoms with Crippen LogP contribution < -0.4 is 22.1 Å². The first-order chi connectivity index (χ1) is 18.8. The molecule has 206 valence electrons. The highest BCUT2D eigenvalue weighted by molar-refractivity contribution is 7.15. The van der Waals surface area contributed by atoms with Crippen LogP contribution in [0.1, 0.15) is 41.0 Å². The van der Waals surface area contributed by atoms with Crippen LogP contribution in [0, 0.1) is 0 Å². The van der Waals surface area contributed by atoms with Crippen LogP contribution in [0.2, 0.25) is 0 Å². The number of rotatable bonds is 14. The predicted octanol–water partition coefficient (Wildman–Crippen LogP) is 3.50. The summed E-state index contributed by atoms with van der Waals surface area (Å²) in [6.07, 6.45) is 7.05. The van der Waals surface area contributed by atoms with E-state index >= 15 is 0 Å². The smallest absolute Gasteiger partial charge is 0.230 e. The molecule has 3 rings (SSSR count). The number of carbonyl (C=O) groups is 2. The standard InChI is InChI=1S/C29H37N7O2S/c1-36(2)20-23-12-8-11-22(17-23)19-27(38)33-29-35-34-28(39-29)14-7-6-13-24(30)15-16-25(31)32-26(37)18-21-9-4-3-5-10-21/h3-5,8-12,15-17H,6-7,13-14,18-20,30-31H2,1-2H3,(H,32,37)(H,33,35,38)/b24-15-,25-16+. The maximum atomic E-state index is 12.5. The fourth-order valence-electron chi connectivity index (χ4n) is 3.87. The van der Waals surface area contributed by atoms with Gasteiger partial charge in [0, 0.05) is 18.7 Å². The maximum absolute atomic E-state index is 12.5. The molecule has 9 nitrogen and oxygen atoms in total. The number of amides is 2. The highest BCUT2D eigenvalue weighted by Gasteiger charge is 2.10. The Morgan fingerprint density at radius 2 is 1.62 bits per heavy atom. The van der Waals surface area contributed by atoms with Crippen LogP contribution in [0.15, 0.2) is 78.3 Å². The maximum Gasteiger partial charge on any atom is 0.230 e. The fourth-order valence-corrected chi connectivity index (χ4v) is 4.67. The number of aromatic nitrogens is 2. The van der Waals surface area contributed by atoms with Crippen LogP contribution in [-0.2, 0) is 35.4 Å². The van der Waals surface area contributed by atoms with Gasteiger partial charge in [0.15, 0.2) is 0 Å². The van der Waals surface area contributed by atoms with E-state index in [1.165, 1.54) is 16.9 Å². The molecule has 10 heteroatoms. The Labute approximate surface area is 234 Å². The summed E-state index contributed by atoms with van der Waals surface area (Å²) in [4.78, 5) is 26.6. The molecule has 0 bridgehead atoms. The lowest BCUT2D eigenvalue weighted by Gasteiger charge is -2.10. The summed E-state index contributed by atoms with van der Waals surface area (Å²) in [5.74, 6) is -0.0338. The van der Waals surface area contributed by atoms with Crippen molar-refractivity contribution in [2.24, 2.45) is 11.5 Å². The van der Waals surface area contributed by atoms with Gasteiger partial charge in [0.05, 0.1) is 12.8 Å². The molecule has 0 saturated carbocycles. The Kier molecular flexibility index (Phi) is 11.7. The van der Waals surface area contributed by atoms with Gasteiger partial charge in [0.1, 0.15) is 10.8 Å². The van der Waals surface area contributed by atoms with Crippen molar-refractivity contribution in [3.05, 3.63) is 100.0 Å². The Bertz CT molecular complexity index is 1290. The summed E-state index contributed by atoms with van der Waals surface area (Å²) in [7, 11) is 4.04. The second kappa shape index (κ2) is 15.4. The second-order valence-corrected chi connectivity index (χ2v) is 10.6. The zero-order chi connectivity index (χ0) is 28.0. The topological polar surface area (TPSA) is 139 Å². The van der Waals surface area contributed by atoms with Gasteiger partial charge in [0.2, 0.25) is 16.9 Å². The number of aryl methyl sites for hydroxylation is 1. The highest BCUT2D eigenvalue weighted by Crippen LogP contribution is 2.18. The summed E-state index contributed by atoms with van der Waals surface area (Å²) in [6, 6.07) is 17.5. The van der Waals surface area contributed by atoms with E-state index in [4.69, 9.17) is 11.5 Å². The summed E-state index contributed by atoms with van der Waals surface area (Å²) in [5, 5.41) is 15.2. The molecule has 0 aliphatic heterocycles. The lowest BCUT2D eigenvalue weighted by molar-refractivity contribution is -0.119. The van der Waals surface area contributed by atoms with E-state index in [0.29, 0.717) is 17.2 Å². The Balaban J connectivity index is 1.35. The first kappa shape index (κ1) is 29.5. The van der Waals surface area contributed by atoms with Gasteiger partial charge in [-0.25, -0.2) is 0 Å². The summed E-state index contributed by atoms with van der Waals surface area (Å²) >= 11 is 1.39. The zero-order valence-electron chi connectivity index (χ0n) is 22.5. The van der Waals surface area contributed by atoms with E-state index in [1.807, 2.05) is 56.6 Å². The fraction of sp³-hybridized carbons (Fsp3) is 0.310. The summed E-state index contributed by atoms with van der Waals surface area (Å²) in [5.41, 5.74) is 15.7. The number of allylic oxidation sites excluding steroid dienone is 3. The van der Waals surface area contributed by atoms with Crippen LogP contribution in [0.25, 0.3) is 0 Å². The molecule has 6 N–H and O–H groups in total. The Morgan fingerprint density at radius 1 is 0.897 bits per heavy atom. The summed E-state index contributed by atoms with van der Waals surface area (Å²) < 4.78 is 0. The first-order valence-corrected chi connectivity index (χ1v) is 13.7. The number of benzene rings is 2. The monoisotopic (exact) mass is 547 g/mol. The molecule has 0 unspecified atom stereocenters. The van der Waals surface area contributed by atoms with Gasteiger partial charge >= 0.3 is 0 Å². The lowest BCUT2D eigenvalue weighted by atomic mass is 10.1. The number of nitrogens with two attached hydrogens (primary N) is 2. The number of hydrogen-bond donors (Lipinski definition) is 4. The largest absolute Gasteiger partial charge is 0.402 e. The molecule has 2 aromatic carbocycles. The van der Waals surface area contributed by atoms with E-state index in [-0.39, 0.29) is 30.5 Å². The van der Waals surface area contributed by atoms with Gasteiger partial charge in [-0.05, 0) is 62.2 Å². The van der Waals surface area contributed by atoms with Crippen LogP contribution in [0.3, 0.4) is 0 Å². The van der Waals surface area contributed by atoms with Crippen molar-refractivity contribution in [1.29, 1.82) is 0 Å². The van der Waals surface area contributed by atoms with E-state index in [9.17, 15) is 9.59 Å². The van der Waals surface area contributed by atoms with Crippen molar-refractivity contribution < 1.29 is 9.59 Å². The predicted molar refractivity (Wildman–Crippen MR) is 156 cm³/mol. The van der Waals surface area contributed by atoms with Crippen molar-refractivity contribution in [2.45, 2.75) is 45.1 Å². The quantitative estimate of drug-likeness (QED) is 0.179. The van der Waals surface area contributed by atoms with Crippen LogP contribution in [-0.4, -0.2) is 41.0 Å². The zero-order valence-corrected chi connectivity index (χ0v) is 23.3. The minimum absolute atomic E-state index is 0.110. The SMILES string of the molecule is CN(C)Cc1cccc(CC(=O)Nc2nnc(CCCC/C(N)=C/C=C(\N)NC(=O)Cc3ccccc3)s2)c1. The van der Waals surface area contributed by atoms with Gasteiger partial charge in [-0.15, -0.1) is 10.2 Å². The molecular formula is C29H37N7O2S. The van der Waals surface area contributed by atoms with Gasteiger partial charge < -0.3 is 27.0 Å². The number of hydrogen-bond acceptors (Lipinski definition) is 8. The Morgan fingerprint density at radius 3 is 2.38 bits per heavy atom. The molecule has 0 fully saturated rings. The van der Waals surface area contributed by atoms with E-state index < -0.39 is 0 Å². The average molecular weight is 548 g/mol. The van der Waals surface area contributed by atoms with Crippen molar-refractivity contribution in [3.8, 4) is 0 Å². The molecular weight excluding hydrogens is 510 g/mol. The third-order valence-electron chi connectivity index (χ3n) is 5.64. The van der Waals surface area contributed by atoms with E-state index in [0.717, 1.165) is 41.9 Å². The van der Waals surface area contributed by atoms with E-state index in [2.05, 4.69) is 37.9 Å². The van der Waals surface area contributed by atoms with Gasteiger partial charge in [-0.2, -0.15) is 0 Å². The molecule has 0 atom stereocenters. The number of nitrogens with zero attached hydrogens (tertiary/aromatic N) is 3. The molecule has 0 radical (unpaired) electrons. The minimum atomic E-state index is -0.177. The second-order valence-electron chi connectivity index (χ2n) is 9.56. The van der Waals surface area contributed by atoms with Crippen molar-refractivity contribution >= 4 is 28.3 Å². The van der Waals surface area contributed by atoms with E-state index in [1.54, 1.807) is 12.2 Å². The van der Waals surface area contributed by atoms with Gasteiger partial charge in [0.25, 0.3) is 0 Å². The minimum Gasteiger partial charge on any atom is -0.402 e. The van der Waals surface area contributed by atoms with Gasteiger partial charge in [-0.1, -0.05) is 65.9 Å². The number of unbranched alkanes of at least 4 members (excludes halogenated alkanes) is 1. The van der Waals surface area contributed by atoms with Crippen molar-refractivity contribution in [3.63, 3.8) is 0 Å². The molecule has 1 aromatic heterocycles. The van der Waals surface area contributed by atoms with Crippen LogP contribution >= 0.6 is 11.3 Å². The molecule has 0 aliphatic rings. The third kappa shape index (κ3) is 11.5.